The first-order valence-electron chi connectivity index (χ1n) is 9.60. The summed E-state index contributed by atoms with van der Waals surface area (Å²) in [4.78, 5) is 6.83. The molecular formula is C20H34N4O2. The summed E-state index contributed by atoms with van der Waals surface area (Å²) in [5, 5.41) is 3.10. The van der Waals surface area contributed by atoms with Crippen LogP contribution in [0, 0.1) is 0 Å². The molecule has 146 valence electrons. The van der Waals surface area contributed by atoms with Gasteiger partial charge in [0.05, 0.1) is 12.7 Å². The molecule has 0 aromatic heterocycles. The van der Waals surface area contributed by atoms with Crippen LogP contribution in [0.15, 0.2) is 35.3 Å². The number of hydrogen-bond acceptors (Lipinski definition) is 4. The maximum Gasteiger partial charge on any atom is 0.188 e. The Balaban J connectivity index is 1.53. The fourth-order valence-electron chi connectivity index (χ4n) is 3.18. The standard InChI is InChI=1S/C20H34N4O2/c1-17(16-25-2)23-20(21)22-11-6-14-26-19-9-12-24(13-10-19)15-18-7-4-3-5-8-18/h3-5,7-8,17,19H,6,9-16H2,1-2H3,(H3,21,22,23). The molecule has 6 nitrogen and oxygen atoms in total. The first-order valence-corrected chi connectivity index (χ1v) is 9.60. The Morgan fingerprint density at radius 1 is 1.31 bits per heavy atom. The minimum absolute atomic E-state index is 0.168. The lowest BCUT2D eigenvalue weighted by atomic mass is 10.1. The molecule has 1 aromatic carbocycles. The van der Waals surface area contributed by atoms with E-state index in [0.717, 1.165) is 45.5 Å². The Kier molecular flexibility index (Phi) is 9.45. The van der Waals surface area contributed by atoms with Crippen molar-refractivity contribution in [1.82, 2.24) is 10.2 Å². The van der Waals surface area contributed by atoms with Crippen molar-refractivity contribution in [3.63, 3.8) is 0 Å². The van der Waals surface area contributed by atoms with Crippen molar-refractivity contribution >= 4 is 5.96 Å². The molecule has 0 radical (unpaired) electrons. The molecule has 1 aliphatic rings. The lowest BCUT2D eigenvalue weighted by Gasteiger charge is -2.31. The van der Waals surface area contributed by atoms with Crippen LogP contribution in [0.4, 0.5) is 0 Å². The van der Waals surface area contributed by atoms with Crippen LogP contribution in [0.25, 0.3) is 0 Å². The molecule has 0 amide bonds. The highest BCUT2D eigenvalue weighted by molar-refractivity contribution is 5.78. The number of likely N-dealkylation sites (tertiary alicyclic amines) is 1. The third-order valence-corrected chi connectivity index (χ3v) is 4.53. The van der Waals surface area contributed by atoms with Gasteiger partial charge in [-0.25, -0.2) is 0 Å². The molecule has 1 fully saturated rings. The van der Waals surface area contributed by atoms with Crippen LogP contribution in [-0.4, -0.2) is 63.0 Å². The van der Waals surface area contributed by atoms with Crippen molar-refractivity contribution in [2.45, 2.75) is 44.9 Å². The summed E-state index contributed by atoms with van der Waals surface area (Å²) in [7, 11) is 1.68. The average Bonchev–Trinajstić information content (AvgIpc) is 2.64. The second kappa shape index (κ2) is 11.9. The zero-order chi connectivity index (χ0) is 18.6. The number of ether oxygens (including phenoxy) is 2. The normalized spacial score (nSPS) is 18.0. The van der Waals surface area contributed by atoms with E-state index in [1.807, 2.05) is 6.92 Å². The summed E-state index contributed by atoms with van der Waals surface area (Å²) in [5.74, 6) is 0.476. The Hall–Kier alpha value is -1.63. The molecule has 26 heavy (non-hydrogen) atoms. The predicted octanol–water partition coefficient (Wildman–Crippen LogP) is 2.00. The van der Waals surface area contributed by atoms with Crippen LogP contribution in [-0.2, 0) is 16.0 Å². The molecule has 0 saturated carbocycles. The maximum absolute atomic E-state index is 6.01. The van der Waals surface area contributed by atoms with E-state index in [1.165, 1.54) is 5.56 Å². The van der Waals surface area contributed by atoms with Gasteiger partial charge in [0.15, 0.2) is 5.96 Å². The van der Waals surface area contributed by atoms with Gasteiger partial charge >= 0.3 is 0 Å². The van der Waals surface area contributed by atoms with Crippen LogP contribution in [0.3, 0.4) is 0 Å². The molecule has 6 heteroatoms. The van der Waals surface area contributed by atoms with Gasteiger partial charge in [0.2, 0.25) is 0 Å². The van der Waals surface area contributed by atoms with E-state index in [9.17, 15) is 0 Å². The second-order valence-corrected chi connectivity index (χ2v) is 6.95. The molecule has 2 rings (SSSR count). The molecule has 0 aliphatic carbocycles. The molecule has 0 spiro atoms. The highest BCUT2D eigenvalue weighted by Gasteiger charge is 2.19. The van der Waals surface area contributed by atoms with Crippen LogP contribution in [0.5, 0.6) is 0 Å². The first kappa shape index (κ1) is 20.7. The van der Waals surface area contributed by atoms with E-state index in [-0.39, 0.29) is 6.04 Å². The highest BCUT2D eigenvalue weighted by atomic mass is 16.5. The third-order valence-electron chi connectivity index (χ3n) is 4.53. The van der Waals surface area contributed by atoms with Gasteiger partial charge < -0.3 is 20.5 Å². The van der Waals surface area contributed by atoms with Crippen molar-refractivity contribution in [2.24, 2.45) is 10.7 Å². The van der Waals surface area contributed by atoms with Gasteiger partial charge in [-0.3, -0.25) is 9.89 Å². The molecule has 1 unspecified atom stereocenters. The summed E-state index contributed by atoms with van der Waals surface area (Å²) in [6.07, 6.45) is 3.48. The Morgan fingerprint density at radius 3 is 2.73 bits per heavy atom. The zero-order valence-corrected chi connectivity index (χ0v) is 16.2. The number of nitrogens with one attached hydrogen (secondary N) is 1. The number of piperidine rings is 1. The summed E-state index contributed by atoms with van der Waals surface area (Å²) < 4.78 is 11.1. The van der Waals surface area contributed by atoms with Crippen LogP contribution in [0.1, 0.15) is 31.7 Å². The molecule has 1 atom stereocenters. The lowest BCUT2D eigenvalue weighted by molar-refractivity contribution is 0.00566. The minimum Gasteiger partial charge on any atom is -0.383 e. The Morgan fingerprint density at radius 2 is 2.04 bits per heavy atom. The Bertz CT molecular complexity index is 516. The molecule has 3 N–H and O–H groups in total. The third kappa shape index (κ3) is 8.17. The van der Waals surface area contributed by atoms with E-state index in [0.29, 0.717) is 25.2 Å². The molecule has 1 aliphatic heterocycles. The predicted molar refractivity (Wildman–Crippen MR) is 106 cm³/mol. The van der Waals surface area contributed by atoms with Crippen molar-refractivity contribution in [1.29, 1.82) is 0 Å². The quantitative estimate of drug-likeness (QED) is 0.378. The largest absolute Gasteiger partial charge is 0.383 e. The molecular weight excluding hydrogens is 328 g/mol. The number of aliphatic imine (C=N–C) groups is 1. The monoisotopic (exact) mass is 362 g/mol. The second-order valence-electron chi connectivity index (χ2n) is 6.95. The van der Waals surface area contributed by atoms with Crippen LogP contribution in [0.2, 0.25) is 0 Å². The number of rotatable bonds is 10. The summed E-state index contributed by atoms with van der Waals surface area (Å²) in [6, 6.07) is 10.8. The smallest absolute Gasteiger partial charge is 0.188 e. The van der Waals surface area contributed by atoms with Gasteiger partial charge in [-0.15, -0.1) is 0 Å². The van der Waals surface area contributed by atoms with E-state index >= 15 is 0 Å². The summed E-state index contributed by atoms with van der Waals surface area (Å²) in [5.41, 5.74) is 7.23. The lowest BCUT2D eigenvalue weighted by Crippen LogP contribution is -2.40. The number of nitrogens with two attached hydrogens (primary N) is 1. The fraction of sp³-hybridized carbons (Fsp3) is 0.650. The topological polar surface area (TPSA) is 72.1 Å². The fourth-order valence-corrected chi connectivity index (χ4v) is 3.18. The zero-order valence-electron chi connectivity index (χ0n) is 16.2. The van der Waals surface area contributed by atoms with Crippen molar-refractivity contribution < 1.29 is 9.47 Å². The van der Waals surface area contributed by atoms with Crippen molar-refractivity contribution in [3.05, 3.63) is 35.9 Å². The molecule has 0 bridgehead atoms. The van der Waals surface area contributed by atoms with Gasteiger partial charge in [0, 0.05) is 45.9 Å². The van der Waals surface area contributed by atoms with Gasteiger partial charge in [-0.1, -0.05) is 30.3 Å². The highest BCUT2D eigenvalue weighted by Crippen LogP contribution is 2.16. The first-order chi connectivity index (χ1) is 12.7. The number of guanidine groups is 1. The molecule has 1 saturated heterocycles. The maximum atomic E-state index is 6.01. The van der Waals surface area contributed by atoms with Gasteiger partial charge in [-0.05, 0) is 31.7 Å². The van der Waals surface area contributed by atoms with E-state index in [4.69, 9.17) is 15.2 Å². The van der Waals surface area contributed by atoms with Crippen molar-refractivity contribution in [3.8, 4) is 0 Å². The number of hydrogen-bond donors (Lipinski definition) is 2. The SMILES string of the molecule is COCC(C)NC(N)=NCCCOC1CCN(Cc2ccccc2)CC1. The van der Waals surface area contributed by atoms with Gasteiger partial charge in [-0.2, -0.15) is 0 Å². The average molecular weight is 363 g/mol. The van der Waals surface area contributed by atoms with Crippen LogP contribution < -0.4 is 11.1 Å². The minimum atomic E-state index is 0.168. The van der Waals surface area contributed by atoms with E-state index < -0.39 is 0 Å². The van der Waals surface area contributed by atoms with E-state index in [2.05, 4.69) is 45.5 Å². The Labute approximate surface area is 157 Å². The summed E-state index contributed by atoms with van der Waals surface area (Å²) >= 11 is 0. The number of methoxy groups -OCH3 is 1. The van der Waals surface area contributed by atoms with E-state index in [1.54, 1.807) is 7.11 Å². The van der Waals surface area contributed by atoms with Gasteiger partial charge in [0.25, 0.3) is 0 Å². The van der Waals surface area contributed by atoms with Crippen molar-refractivity contribution in [2.75, 3.05) is 40.0 Å². The number of benzene rings is 1. The van der Waals surface area contributed by atoms with Crippen LogP contribution >= 0.6 is 0 Å². The number of nitrogens with zero attached hydrogens (tertiary/aromatic N) is 2. The molecule has 1 heterocycles. The summed E-state index contributed by atoms with van der Waals surface area (Å²) in [6.45, 7) is 7.30. The molecule has 1 aromatic rings. The van der Waals surface area contributed by atoms with Gasteiger partial charge in [0.1, 0.15) is 0 Å².